The smallest absolute Gasteiger partial charge is 0.274 e. The van der Waals surface area contributed by atoms with Gasteiger partial charge in [0.25, 0.3) is 5.91 Å². The van der Waals surface area contributed by atoms with E-state index in [4.69, 9.17) is 11.6 Å². The standard InChI is InChI=1S/C19H17ClN4O/c1-13-2-3-15(20)10-18(13)24-19(25)17-5-4-16(12-23-17)22-11-14-6-8-21-9-7-14/h2-10,12,22H,11H2,1H3,(H,24,25). The second kappa shape index (κ2) is 7.77. The number of carbonyl (C=O) groups is 1. The molecule has 0 fully saturated rings. The van der Waals surface area contributed by atoms with E-state index in [1.54, 1.807) is 36.8 Å². The van der Waals surface area contributed by atoms with Crippen LogP contribution in [0.4, 0.5) is 11.4 Å². The lowest BCUT2D eigenvalue weighted by Gasteiger charge is -2.09. The fourth-order valence-corrected chi connectivity index (χ4v) is 2.42. The summed E-state index contributed by atoms with van der Waals surface area (Å²) in [4.78, 5) is 20.5. The van der Waals surface area contributed by atoms with Gasteiger partial charge in [-0.05, 0) is 54.4 Å². The summed E-state index contributed by atoms with van der Waals surface area (Å²) in [6, 6.07) is 12.8. The molecule has 2 aromatic heterocycles. The molecule has 0 unspecified atom stereocenters. The van der Waals surface area contributed by atoms with Crippen molar-refractivity contribution in [2.75, 3.05) is 10.6 Å². The van der Waals surface area contributed by atoms with E-state index in [1.807, 2.05) is 31.2 Å². The lowest BCUT2D eigenvalue weighted by molar-refractivity contribution is 0.102. The van der Waals surface area contributed by atoms with E-state index in [1.165, 1.54) is 0 Å². The molecule has 0 atom stereocenters. The molecule has 0 radical (unpaired) electrons. The number of benzene rings is 1. The third-order valence-electron chi connectivity index (χ3n) is 3.69. The Kier molecular flexibility index (Phi) is 5.26. The van der Waals surface area contributed by atoms with E-state index in [-0.39, 0.29) is 5.91 Å². The summed E-state index contributed by atoms with van der Waals surface area (Å²) >= 11 is 5.97. The zero-order valence-electron chi connectivity index (χ0n) is 13.7. The van der Waals surface area contributed by atoms with Crippen molar-refractivity contribution in [3.05, 3.63) is 82.9 Å². The summed E-state index contributed by atoms with van der Waals surface area (Å²) < 4.78 is 0. The monoisotopic (exact) mass is 352 g/mol. The Bertz CT molecular complexity index is 866. The fraction of sp³-hybridized carbons (Fsp3) is 0.105. The van der Waals surface area contributed by atoms with E-state index < -0.39 is 0 Å². The number of nitrogens with one attached hydrogen (secondary N) is 2. The van der Waals surface area contributed by atoms with E-state index in [9.17, 15) is 4.79 Å². The normalized spacial score (nSPS) is 10.3. The van der Waals surface area contributed by atoms with Crippen LogP contribution < -0.4 is 10.6 Å². The summed E-state index contributed by atoms with van der Waals surface area (Å²) in [7, 11) is 0. The van der Waals surface area contributed by atoms with Gasteiger partial charge in [-0.25, -0.2) is 4.98 Å². The minimum atomic E-state index is -0.272. The molecule has 126 valence electrons. The summed E-state index contributed by atoms with van der Waals surface area (Å²) in [6.07, 6.45) is 5.14. The molecule has 6 heteroatoms. The third kappa shape index (κ3) is 4.55. The molecule has 1 amide bonds. The SMILES string of the molecule is Cc1ccc(Cl)cc1NC(=O)c1ccc(NCc2ccncc2)cn1. The number of aromatic nitrogens is 2. The highest BCUT2D eigenvalue weighted by molar-refractivity contribution is 6.31. The van der Waals surface area contributed by atoms with Gasteiger partial charge in [-0.15, -0.1) is 0 Å². The number of nitrogens with zero attached hydrogens (tertiary/aromatic N) is 2. The van der Waals surface area contributed by atoms with Crippen molar-refractivity contribution in [2.45, 2.75) is 13.5 Å². The van der Waals surface area contributed by atoms with E-state index in [0.717, 1.165) is 16.8 Å². The second-order valence-electron chi connectivity index (χ2n) is 5.55. The van der Waals surface area contributed by atoms with Crippen LogP contribution in [0.15, 0.2) is 61.1 Å². The molecule has 0 aliphatic rings. The zero-order valence-corrected chi connectivity index (χ0v) is 14.4. The van der Waals surface area contributed by atoms with Gasteiger partial charge in [-0.1, -0.05) is 17.7 Å². The maximum atomic E-state index is 12.3. The molecular weight excluding hydrogens is 336 g/mol. The van der Waals surface area contributed by atoms with Crippen molar-refractivity contribution in [2.24, 2.45) is 0 Å². The lowest BCUT2D eigenvalue weighted by Crippen LogP contribution is -2.14. The number of amides is 1. The van der Waals surface area contributed by atoms with Crippen LogP contribution in [0.2, 0.25) is 5.02 Å². The predicted octanol–water partition coefficient (Wildman–Crippen LogP) is 4.30. The van der Waals surface area contributed by atoms with Gasteiger partial charge < -0.3 is 10.6 Å². The van der Waals surface area contributed by atoms with Crippen LogP contribution in [-0.4, -0.2) is 15.9 Å². The van der Waals surface area contributed by atoms with Crippen LogP contribution in [0.1, 0.15) is 21.6 Å². The van der Waals surface area contributed by atoms with E-state index >= 15 is 0 Å². The third-order valence-corrected chi connectivity index (χ3v) is 3.93. The Labute approximate surface area is 151 Å². The lowest BCUT2D eigenvalue weighted by atomic mass is 10.2. The molecule has 0 saturated carbocycles. The Morgan fingerprint density at radius 1 is 1.12 bits per heavy atom. The first-order chi connectivity index (χ1) is 12.1. The van der Waals surface area contributed by atoms with Gasteiger partial charge in [0.05, 0.1) is 11.9 Å². The Morgan fingerprint density at radius 2 is 1.92 bits per heavy atom. The summed E-state index contributed by atoms with van der Waals surface area (Å²) in [5, 5.41) is 6.66. The van der Waals surface area contributed by atoms with Gasteiger partial charge in [0.2, 0.25) is 0 Å². The van der Waals surface area contributed by atoms with Crippen LogP contribution in [-0.2, 0) is 6.54 Å². The van der Waals surface area contributed by atoms with Crippen LogP contribution >= 0.6 is 11.6 Å². The van der Waals surface area contributed by atoms with Crippen molar-refractivity contribution in [3.63, 3.8) is 0 Å². The molecule has 3 rings (SSSR count). The molecule has 2 heterocycles. The van der Waals surface area contributed by atoms with Gasteiger partial charge >= 0.3 is 0 Å². The van der Waals surface area contributed by atoms with Gasteiger partial charge in [-0.3, -0.25) is 9.78 Å². The molecule has 0 bridgehead atoms. The molecule has 1 aromatic carbocycles. The molecule has 2 N–H and O–H groups in total. The average molecular weight is 353 g/mol. The Hall–Kier alpha value is -2.92. The first-order valence-electron chi connectivity index (χ1n) is 7.78. The first-order valence-corrected chi connectivity index (χ1v) is 8.16. The number of halogens is 1. The number of hydrogen-bond donors (Lipinski definition) is 2. The van der Waals surface area contributed by atoms with Crippen molar-refractivity contribution in [1.82, 2.24) is 9.97 Å². The van der Waals surface area contributed by atoms with Crippen molar-refractivity contribution in [3.8, 4) is 0 Å². The molecule has 0 spiro atoms. The molecule has 0 saturated heterocycles. The Morgan fingerprint density at radius 3 is 2.64 bits per heavy atom. The highest BCUT2D eigenvalue weighted by atomic mass is 35.5. The van der Waals surface area contributed by atoms with Crippen molar-refractivity contribution in [1.29, 1.82) is 0 Å². The average Bonchev–Trinajstić information content (AvgIpc) is 2.64. The molecule has 0 aliphatic heterocycles. The maximum absolute atomic E-state index is 12.3. The second-order valence-corrected chi connectivity index (χ2v) is 5.99. The van der Waals surface area contributed by atoms with Gasteiger partial charge in [0, 0.05) is 29.6 Å². The summed E-state index contributed by atoms with van der Waals surface area (Å²) in [5.41, 5.74) is 3.92. The van der Waals surface area contributed by atoms with Crippen LogP contribution in [0.3, 0.4) is 0 Å². The number of anilines is 2. The van der Waals surface area contributed by atoms with Crippen molar-refractivity contribution >= 4 is 28.9 Å². The minimum absolute atomic E-state index is 0.272. The zero-order chi connectivity index (χ0) is 17.6. The van der Waals surface area contributed by atoms with Crippen LogP contribution in [0.5, 0.6) is 0 Å². The number of hydrogen-bond acceptors (Lipinski definition) is 4. The van der Waals surface area contributed by atoms with Crippen molar-refractivity contribution < 1.29 is 4.79 Å². The first kappa shape index (κ1) is 16.9. The topological polar surface area (TPSA) is 66.9 Å². The highest BCUT2D eigenvalue weighted by Gasteiger charge is 2.09. The minimum Gasteiger partial charge on any atom is -0.380 e. The number of carbonyl (C=O) groups excluding carboxylic acids is 1. The number of aryl methyl sites for hydroxylation is 1. The van der Waals surface area contributed by atoms with Gasteiger partial charge in [0.1, 0.15) is 5.69 Å². The Balaban J connectivity index is 1.63. The quantitative estimate of drug-likeness (QED) is 0.718. The predicted molar refractivity (Wildman–Crippen MR) is 99.9 cm³/mol. The van der Waals surface area contributed by atoms with Gasteiger partial charge in [-0.2, -0.15) is 0 Å². The number of rotatable bonds is 5. The largest absolute Gasteiger partial charge is 0.380 e. The highest BCUT2D eigenvalue weighted by Crippen LogP contribution is 2.20. The molecule has 25 heavy (non-hydrogen) atoms. The molecule has 0 aliphatic carbocycles. The molecule has 3 aromatic rings. The summed E-state index contributed by atoms with van der Waals surface area (Å²) in [6.45, 7) is 2.57. The number of pyridine rings is 2. The molecular formula is C19H17ClN4O. The van der Waals surface area contributed by atoms with Crippen LogP contribution in [0.25, 0.3) is 0 Å². The fourth-order valence-electron chi connectivity index (χ4n) is 2.25. The molecule has 5 nitrogen and oxygen atoms in total. The maximum Gasteiger partial charge on any atom is 0.274 e. The van der Waals surface area contributed by atoms with Gasteiger partial charge in [0.15, 0.2) is 0 Å². The van der Waals surface area contributed by atoms with E-state index in [2.05, 4.69) is 20.6 Å². The van der Waals surface area contributed by atoms with E-state index in [0.29, 0.717) is 22.9 Å². The summed E-state index contributed by atoms with van der Waals surface area (Å²) in [5.74, 6) is -0.272. The van der Waals surface area contributed by atoms with Crippen LogP contribution in [0, 0.1) is 6.92 Å².